The Kier molecular flexibility index (Phi) is 3.15. The molecule has 1 aromatic rings. The lowest BCUT2D eigenvalue weighted by Gasteiger charge is -2.13. The van der Waals surface area contributed by atoms with Gasteiger partial charge in [0.1, 0.15) is 11.6 Å². The minimum atomic E-state index is 0.464. The number of nitrogens with zero attached hydrogens (tertiary/aromatic N) is 5. The fourth-order valence-electron chi connectivity index (χ4n) is 2.57. The fraction of sp³-hybridized carbons (Fsp3) is 0.200. The Morgan fingerprint density at radius 3 is 3.14 bits per heavy atom. The molecule has 0 radical (unpaired) electrons. The van der Waals surface area contributed by atoms with E-state index < -0.39 is 0 Å². The van der Waals surface area contributed by atoms with Crippen molar-refractivity contribution in [2.75, 3.05) is 11.9 Å². The van der Waals surface area contributed by atoms with Gasteiger partial charge in [0.2, 0.25) is 0 Å². The van der Waals surface area contributed by atoms with Crippen molar-refractivity contribution >= 4 is 27.4 Å². The lowest BCUT2D eigenvalue weighted by Crippen LogP contribution is -2.17. The van der Waals surface area contributed by atoms with Crippen LogP contribution in [0.5, 0.6) is 0 Å². The highest BCUT2D eigenvalue weighted by atomic mass is 79.9. The van der Waals surface area contributed by atoms with Crippen molar-refractivity contribution in [2.45, 2.75) is 13.5 Å². The van der Waals surface area contributed by atoms with Crippen LogP contribution in [0.1, 0.15) is 5.56 Å². The maximum absolute atomic E-state index is 4.63. The molecule has 0 spiro atoms. The quantitative estimate of drug-likeness (QED) is 0.727. The average Bonchev–Trinajstić information content (AvgIpc) is 3.01. The van der Waals surface area contributed by atoms with Gasteiger partial charge in [0.15, 0.2) is 0 Å². The standard InChI is InChI=1S/C15H13BrN6/c1-9-7-17-3-2-12(9)20-15-19-8-10-6-11(16)14-18-4-5-22(14)13(10)21-15/h2-3,6-8,18H,4-5H2,1H3. The molecule has 4 heterocycles. The summed E-state index contributed by atoms with van der Waals surface area (Å²) in [5.41, 5.74) is 3.29. The third kappa shape index (κ3) is 2.18. The lowest BCUT2D eigenvalue weighted by molar-refractivity contribution is 0.778. The molecule has 7 heteroatoms. The van der Waals surface area contributed by atoms with Crippen LogP contribution in [-0.4, -0.2) is 26.1 Å². The first-order valence-electron chi connectivity index (χ1n) is 6.98. The monoisotopic (exact) mass is 356 g/mol. The highest BCUT2D eigenvalue weighted by Gasteiger charge is 2.19. The van der Waals surface area contributed by atoms with Gasteiger partial charge in [-0.15, -0.1) is 0 Å². The molecule has 6 nitrogen and oxygen atoms in total. The number of aryl methyl sites for hydroxylation is 1. The Morgan fingerprint density at radius 1 is 1.36 bits per heavy atom. The highest BCUT2D eigenvalue weighted by molar-refractivity contribution is 9.10. The van der Waals surface area contributed by atoms with Crippen LogP contribution in [0.2, 0.25) is 0 Å². The molecule has 0 fully saturated rings. The van der Waals surface area contributed by atoms with Gasteiger partial charge in [-0.3, -0.25) is 4.98 Å². The van der Waals surface area contributed by atoms with Gasteiger partial charge in [-0.2, -0.15) is 4.98 Å². The van der Waals surface area contributed by atoms with Crippen LogP contribution in [0.15, 0.2) is 40.2 Å². The van der Waals surface area contributed by atoms with E-state index >= 15 is 0 Å². The Balaban J connectivity index is 1.94. The second-order valence-electron chi connectivity index (χ2n) is 5.14. The van der Waals surface area contributed by atoms with Crippen LogP contribution in [0.4, 0.5) is 11.5 Å². The van der Waals surface area contributed by atoms with Crippen molar-refractivity contribution in [2.24, 2.45) is 4.99 Å². The number of aromatic nitrogens is 4. The van der Waals surface area contributed by atoms with Gasteiger partial charge in [0, 0.05) is 37.2 Å². The topological polar surface area (TPSA) is 68.0 Å². The van der Waals surface area contributed by atoms with Crippen LogP contribution in [0, 0.1) is 6.92 Å². The summed E-state index contributed by atoms with van der Waals surface area (Å²) < 4.78 is 3.18. The van der Waals surface area contributed by atoms with Crippen molar-refractivity contribution in [3.05, 3.63) is 46.4 Å². The van der Waals surface area contributed by atoms with Gasteiger partial charge in [-0.1, -0.05) is 0 Å². The first kappa shape index (κ1) is 13.4. The molecule has 0 aliphatic carbocycles. The third-order valence-electron chi connectivity index (χ3n) is 3.66. The molecule has 0 aromatic carbocycles. The van der Waals surface area contributed by atoms with Crippen LogP contribution < -0.4 is 10.9 Å². The zero-order valence-electron chi connectivity index (χ0n) is 11.9. The van der Waals surface area contributed by atoms with E-state index in [-0.39, 0.29) is 0 Å². The van der Waals surface area contributed by atoms with Gasteiger partial charge in [-0.25, -0.2) is 9.98 Å². The summed E-state index contributed by atoms with van der Waals surface area (Å²) in [6, 6.07) is 3.89. The normalized spacial score (nSPS) is 14.2. The highest BCUT2D eigenvalue weighted by Crippen LogP contribution is 2.33. The number of hydrogen-bond donors (Lipinski definition) is 1. The molecule has 3 aliphatic rings. The average molecular weight is 357 g/mol. The van der Waals surface area contributed by atoms with Gasteiger partial charge >= 0.3 is 0 Å². The van der Waals surface area contributed by atoms with E-state index in [1.54, 1.807) is 12.4 Å². The maximum atomic E-state index is 4.63. The smallest absolute Gasteiger partial charge is 0.251 e. The number of pyridine rings is 2. The summed E-state index contributed by atoms with van der Waals surface area (Å²) in [5.74, 6) is 1.95. The summed E-state index contributed by atoms with van der Waals surface area (Å²) in [4.78, 5) is 17.6. The second kappa shape index (κ2) is 5.17. The van der Waals surface area contributed by atoms with Crippen molar-refractivity contribution in [3.8, 4) is 11.4 Å². The number of fused-ring (bicyclic) bond motifs is 3. The molecule has 1 aromatic heterocycles. The predicted molar refractivity (Wildman–Crippen MR) is 87.0 cm³/mol. The molecule has 3 aliphatic heterocycles. The van der Waals surface area contributed by atoms with E-state index in [0.717, 1.165) is 46.0 Å². The van der Waals surface area contributed by atoms with E-state index in [9.17, 15) is 0 Å². The molecule has 4 rings (SSSR count). The summed E-state index contributed by atoms with van der Waals surface area (Å²) in [6.07, 6.45) is 5.32. The SMILES string of the molecule is Cc1cnccc1N=c1ncc2cc(Br)c3n(c-2n1)CCN3. The number of hydrogen-bond acceptors (Lipinski definition) is 5. The van der Waals surface area contributed by atoms with Crippen LogP contribution >= 0.6 is 15.9 Å². The Morgan fingerprint density at radius 2 is 2.27 bits per heavy atom. The van der Waals surface area contributed by atoms with Crippen molar-refractivity contribution in [3.63, 3.8) is 0 Å². The number of nitrogens with one attached hydrogen (secondary N) is 1. The van der Waals surface area contributed by atoms with Crippen molar-refractivity contribution in [1.29, 1.82) is 0 Å². The molecule has 0 amide bonds. The minimum absolute atomic E-state index is 0.464. The predicted octanol–water partition coefficient (Wildman–Crippen LogP) is 2.51. The molecule has 22 heavy (non-hydrogen) atoms. The van der Waals surface area contributed by atoms with Gasteiger partial charge in [0.05, 0.1) is 10.2 Å². The van der Waals surface area contributed by atoms with E-state index in [0.29, 0.717) is 5.62 Å². The van der Waals surface area contributed by atoms with Crippen LogP contribution in [0.3, 0.4) is 0 Å². The molecule has 0 bridgehead atoms. The first-order valence-corrected chi connectivity index (χ1v) is 7.77. The zero-order chi connectivity index (χ0) is 15.1. The third-order valence-corrected chi connectivity index (χ3v) is 4.26. The van der Waals surface area contributed by atoms with Gasteiger partial charge < -0.3 is 9.88 Å². The van der Waals surface area contributed by atoms with Crippen LogP contribution in [-0.2, 0) is 6.54 Å². The zero-order valence-corrected chi connectivity index (χ0v) is 13.5. The second-order valence-corrected chi connectivity index (χ2v) is 6.00. The first-order chi connectivity index (χ1) is 10.7. The van der Waals surface area contributed by atoms with E-state index in [1.165, 1.54) is 0 Å². The summed E-state index contributed by atoms with van der Waals surface area (Å²) in [5, 5.41) is 3.36. The van der Waals surface area contributed by atoms with Gasteiger partial charge in [-0.05, 0) is 40.5 Å². The summed E-state index contributed by atoms with van der Waals surface area (Å²) >= 11 is 3.58. The molecular weight excluding hydrogens is 344 g/mol. The minimum Gasteiger partial charge on any atom is -0.369 e. The summed E-state index contributed by atoms with van der Waals surface area (Å²) in [7, 11) is 0. The fourth-order valence-corrected chi connectivity index (χ4v) is 3.17. The molecule has 0 saturated heterocycles. The largest absolute Gasteiger partial charge is 0.369 e. The Labute approximate surface area is 135 Å². The lowest BCUT2D eigenvalue weighted by atomic mass is 10.2. The molecular formula is C15H13BrN6. The number of anilines is 1. The molecule has 110 valence electrons. The van der Waals surface area contributed by atoms with E-state index in [2.05, 4.69) is 45.8 Å². The van der Waals surface area contributed by atoms with E-state index in [4.69, 9.17) is 0 Å². The van der Waals surface area contributed by atoms with Crippen molar-refractivity contribution in [1.82, 2.24) is 19.5 Å². The number of halogens is 1. The molecule has 1 N–H and O–H groups in total. The molecule has 0 saturated carbocycles. The van der Waals surface area contributed by atoms with Gasteiger partial charge in [0.25, 0.3) is 5.62 Å². The van der Waals surface area contributed by atoms with Crippen LogP contribution in [0.25, 0.3) is 11.4 Å². The Bertz CT molecular complexity index is 901. The van der Waals surface area contributed by atoms with E-state index in [1.807, 2.05) is 25.3 Å². The Hall–Kier alpha value is -2.28. The summed E-state index contributed by atoms with van der Waals surface area (Å²) in [6.45, 7) is 3.76. The molecule has 0 unspecified atom stereocenters. The number of rotatable bonds is 1. The van der Waals surface area contributed by atoms with Crippen molar-refractivity contribution < 1.29 is 0 Å². The maximum Gasteiger partial charge on any atom is 0.251 e. The molecule has 0 atom stereocenters.